The lowest BCUT2D eigenvalue weighted by Crippen LogP contribution is -2.31. The number of hydrogen-bond acceptors (Lipinski definition) is 4. The number of anilines is 1. The van der Waals surface area contributed by atoms with E-state index in [-0.39, 0.29) is 5.84 Å². The molecule has 0 aliphatic rings. The topological polar surface area (TPSA) is 74.7 Å². The Morgan fingerprint density at radius 3 is 2.53 bits per heavy atom. The van der Waals surface area contributed by atoms with Crippen LogP contribution in [0.15, 0.2) is 23.5 Å². The molecule has 0 aliphatic heterocycles. The van der Waals surface area contributed by atoms with Crippen molar-refractivity contribution >= 4 is 11.7 Å². The van der Waals surface area contributed by atoms with Gasteiger partial charge in [0.05, 0.1) is 0 Å². The molecule has 3 N–H and O–H groups in total. The maximum atomic E-state index is 8.56. The van der Waals surface area contributed by atoms with E-state index in [1.54, 1.807) is 12.3 Å². The second-order valence-corrected chi connectivity index (χ2v) is 3.97. The number of rotatable bonds is 5. The van der Waals surface area contributed by atoms with Gasteiger partial charge < -0.3 is 15.8 Å². The van der Waals surface area contributed by atoms with Crippen LogP contribution in [0.4, 0.5) is 5.82 Å². The highest BCUT2D eigenvalue weighted by Crippen LogP contribution is 2.16. The molecule has 1 aromatic heterocycles. The van der Waals surface area contributed by atoms with E-state index in [9.17, 15) is 0 Å². The number of pyridine rings is 1. The van der Waals surface area contributed by atoms with E-state index in [2.05, 4.69) is 28.9 Å². The van der Waals surface area contributed by atoms with Crippen molar-refractivity contribution in [1.29, 1.82) is 0 Å². The molecule has 0 atom stereocenters. The van der Waals surface area contributed by atoms with Crippen molar-refractivity contribution in [3.8, 4) is 0 Å². The zero-order valence-corrected chi connectivity index (χ0v) is 10.6. The second-order valence-electron chi connectivity index (χ2n) is 3.97. The Bertz CT molecular complexity index is 371. The maximum absolute atomic E-state index is 8.56. The molecule has 94 valence electrons. The van der Waals surface area contributed by atoms with E-state index in [4.69, 9.17) is 10.9 Å². The van der Waals surface area contributed by atoms with E-state index in [1.165, 1.54) is 0 Å². The van der Waals surface area contributed by atoms with Crippen molar-refractivity contribution in [2.75, 3.05) is 11.9 Å². The quantitative estimate of drug-likeness (QED) is 0.354. The van der Waals surface area contributed by atoms with E-state index in [0.29, 0.717) is 11.6 Å². The highest BCUT2D eigenvalue weighted by Gasteiger charge is 2.12. The molecule has 0 bridgehead atoms. The van der Waals surface area contributed by atoms with Gasteiger partial charge in [-0.05, 0) is 25.0 Å². The predicted octanol–water partition coefficient (Wildman–Crippen LogP) is 1.80. The average Bonchev–Trinajstić information content (AvgIpc) is 2.39. The third-order valence-corrected chi connectivity index (χ3v) is 3.00. The van der Waals surface area contributed by atoms with Crippen LogP contribution in [-0.2, 0) is 0 Å². The Kier molecular flexibility index (Phi) is 4.75. The van der Waals surface area contributed by atoms with Gasteiger partial charge in [-0.2, -0.15) is 0 Å². The van der Waals surface area contributed by atoms with Gasteiger partial charge in [0.2, 0.25) is 0 Å². The number of oxime groups is 1. The number of aromatic nitrogens is 1. The monoisotopic (exact) mass is 236 g/mol. The van der Waals surface area contributed by atoms with Crippen LogP contribution in [0.2, 0.25) is 0 Å². The first kappa shape index (κ1) is 13.3. The second kappa shape index (κ2) is 6.08. The summed E-state index contributed by atoms with van der Waals surface area (Å²) in [5.74, 6) is 0.974. The summed E-state index contributed by atoms with van der Waals surface area (Å²) in [5, 5.41) is 11.5. The minimum Gasteiger partial charge on any atom is -0.409 e. The largest absolute Gasteiger partial charge is 0.409 e. The molecule has 1 heterocycles. The van der Waals surface area contributed by atoms with Crippen LogP contribution in [0.1, 0.15) is 32.3 Å². The smallest absolute Gasteiger partial charge is 0.171 e. The fourth-order valence-corrected chi connectivity index (χ4v) is 1.83. The van der Waals surface area contributed by atoms with E-state index < -0.39 is 0 Å². The van der Waals surface area contributed by atoms with E-state index >= 15 is 0 Å². The van der Waals surface area contributed by atoms with Crippen LogP contribution in [0.5, 0.6) is 0 Å². The van der Waals surface area contributed by atoms with Crippen LogP contribution >= 0.6 is 0 Å². The van der Waals surface area contributed by atoms with Crippen molar-refractivity contribution in [3.63, 3.8) is 0 Å². The molecule has 0 saturated heterocycles. The summed E-state index contributed by atoms with van der Waals surface area (Å²) in [6.07, 6.45) is 3.77. The molecule has 1 rings (SSSR count). The first-order chi connectivity index (χ1) is 8.13. The molecule has 0 unspecified atom stereocenters. The summed E-state index contributed by atoms with van der Waals surface area (Å²) < 4.78 is 0. The van der Waals surface area contributed by atoms with Crippen LogP contribution in [0.3, 0.4) is 0 Å². The third kappa shape index (κ3) is 3.09. The average molecular weight is 236 g/mol. The fraction of sp³-hybridized carbons (Fsp3) is 0.500. The molecular formula is C12H20N4O. The summed E-state index contributed by atoms with van der Waals surface area (Å²) in [4.78, 5) is 6.47. The Morgan fingerprint density at radius 1 is 1.47 bits per heavy atom. The molecule has 5 heteroatoms. The Hall–Kier alpha value is -1.78. The molecular weight excluding hydrogens is 216 g/mol. The molecule has 17 heavy (non-hydrogen) atoms. The van der Waals surface area contributed by atoms with E-state index in [1.807, 2.05) is 13.1 Å². The molecule has 0 aromatic carbocycles. The van der Waals surface area contributed by atoms with Crippen molar-refractivity contribution in [2.45, 2.75) is 32.7 Å². The third-order valence-electron chi connectivity index (χ3n) is 3.00. The first-order valence-electron chi connectivity index (χ1n) is 5.80. The van der Waals surface area contributed by atoms with Gasteiger partial charge in [-0.15, -0.1) is 0 Å². The fourth-order valence-electron chi connectivity index (χ4n) is 1.83. The van der Waals surface area contributed by atoms with Gasteiger partial charge in [-0.1, -0.05) is 19.0 Å². The molecule has 0 saturated carbocycles. The van der Waals surface area contributed by atoms with Gasteiger partial charge >= 0.3 is 0 Å². The summed E-state index contributed by atoms with van der Waals surface area (Å²) in [6.45, 7) is 4.32. The molecule has 5 nitrogen and oxygen atoms in total. The van der Waals surface area contributed by atoms with Crippen LogP contribution in [-0.4, -0.2) is 29.1 Å². The van der Waals surface area contributed by atoms with E-state index in [0.717, 1.165) is 18.7 Å². The SMILES string of the molecule is CCC(CC)N(C)c1ccc(/C(N)=N/O)cn1. The van der Waals surface area contributed by atoms with Crippen LogP contribution < -0.4 is 10.6 Å². The number of hydrogen-bond donors (Lipinski definition) is 2. The molecule has 0 fully saturated rings. The minimum absolute atomic E-state index is 0.0780. The van der Waals surface area contributed by atoms with Crippen molar-refractivity contribution < 1.29 is 5.21 Å². The van der Waals surface area contributed by atoms with Crippen molar-refractivity contribution in [1.82, 2.24) is 4.98 Å². The first-order valence-corrected chi connectivity index (χ1v) is 5.80. The number of amidine groups is 1. The Balaban J connectivity index is 2.87. The van der Waals surface area contributed by atoms with Gasteiger partial charge in [-0.25, -0.2) is 4.98 Å². The molecule has 1 aromatic rings. The van der Waals surface area contributed by atoms with Gasteiger partial charge in [0.1, 0.15) is 5.82 Å². The zero-order chi connectivity index (χ0) is 12.8. The molecule has 0 spiro atoms. The lowest BCUT2D eigenvalue weighted by Gasteiger charge is -2.27. The molecule has 0 aliphatic carbocycles. The molecule has 0 radical (unpaired) electrons. The highest BCUT2D eigenvalue weighted by molar-refractivity contribution is 5.96. The van der Waals surface area contributed by atoms with Gasteiger partial charge in [0, 0.05) is 24.8 Å². The predicted molar refractivity (Wildman–Crippen MR) is 69.5 cm³/mol. The lowest BCUT2D eigenvalue weighted by molar-refractivity contribution is 0.318. The van der Waals surface area contributed by atoms with Gasteiger partial charge in [0.25, 0.3) is 0 Å². The summed E-state index contributed by atoms with van der Waals surface area (Å²) in [6, 6.07) is 4.17. The highest BCUT2D eigenvalue weighted by atomic mass is 16.4. The van der Waals surface area contributed by atoms with Crippen molar-refractivity contribution in [2.24, 2.45) is 10.9 Å². The zero-order valence-electron chi connectivity index (χ0n) is 10.6. The van der Waals surface area contributed by atoms with Crippen molar-refractivity contribution in [3.05, 3.63) is 23.9 Å². The Morgan fingerprint density at radius 2 is 2.12 bits per heavy atom. The number of nitrogens with two attached hydrogens (primary N) is 1. The van der Waals surface area contributed by atoms with Crippen LogP contribution in [0.25, 0.3) is 0 Å². The standard InChI is InChI=1S/C12H20N4O/c1-4-10(5-2)16(3)11-7-6-9(8-14-11)12(13)15-17/h6-8,10,17H,4-5H2,1-3H3,(H2,13,15). The normalized spacial score (nSPS) is 11.9. The molecule has 0 amide bonds. The summed E-state index contributed by atoms with van der Waals surface area (Å²) >= 11 is 0. The summed E-state index contributed by atoms with van der Waals surface area (Å²) in [5.41, 5.74) is 6.10. The van der Waals surface area contributed by atoms with Crippen LogP contribution in [0, 0.1) is 0 Å². The van der Waals surface area contributed by atoms with Gasteiger partial charge in [-0.3, -0.25) is 0 Å². The maximum Gasteiger partial charge on any atom is 0.171 e. The minimum atomic E-state index is 0.0780. The number of nitrogens with zero attached hydrogens (tertiary/aromatic N) is 3. The Labute approximate surface area is 102 Å². The lowest BCUT2D eigenvalue weighted by atomic mass is 10.1. The summed E-state index contributed by atoms with van der Waals surface area (Å²) in [7, 11) is 2.03. The van der Waals surface area contributed by atoms with Gasteiger partial charge in [0.15, 0.2) is 5.84 Å².